The number of hydrogen-bond donors (Lipinski definition) is 2. The number of amidine groups is 1. The van der Waals surface area contributed by atoms with Gasteiger partial charge in [0.05, 0.1) is 6.04 Å². The molecule has 0 saturated carbocycles. The predicted octanol–water partition coefficient (Wildman–Crippen LogP) is 0.479. The first kappa shape index (κ1) is 10.9. The van der Waals surface area contributed by atoms with Gasteiger partial charge in [0.2, 0.25) is 0 Å². The molecule has 0 aromatic heterocycles. The van der Waals surface area contributed by atoms with E-state index in [0.717, 1.165) is 19.1 Å². The highest BCUT2D eigenvalue weighted by atomic mass is 15.3. The molecule has 3 atom stereocenters. The van der Waals surface area contributed by atoms with Crippen molar-refractivity contribution in [3.05, 3.63) is 0 Å². The van der Waals surface area contributed by atoms with Gasteiger partial charge in [0, 0.05) is 25.2 Å². The van der Waals surface area contributed by atoms with Gasteiger partial charge in [0.25, 0.3) is 0 Å². The van der Waals surface area contributed by atoms with E-state index in [9.17, 15) is 0 Å². The third-order valence-corrected chi connectivity index (χ3v) is 4.18. The maximum atomic E-state index is 7.51. The molecule has 0 amide bonds. The number of hydrogen-bond acceptors (Lipinski definition) is 3. The van der Waals surface area contributed by atoms with Crippen LogP contribution in [-0.4, -0.2) is 53.9 Å². The first-order chi connectivity index (χ1) is 7.09. The summed E-state index contributed by atoms with van der Waals surface area (Å²) in [6.45, 7) is 4.21. The molecule has 0 radical (unpaired) electrons. The minimum atomic E-state index is 0.109. The predicted molar refractivity (Wildman–Crippen MR) is 62.1 cm³/mol. The first-order valence-electron chi connectivity index (χ1n) is 5.89. The minimum absolute atomic E-state index is 0.109. The molecule has 0 spiro atoms. The van der Waals surface area contributed by atoms with Crippen molar-refractivity contribution < 1.29 is 0 Å². The van der Waals surface area contributed by atoms with E-state index in [0.29, 0.717) is 11.9 Å². The van der Waals surface area contributed by atoms with E-state index in [2.05, 4.69) is 16.8 Å². The van der Waals surface area contributed by atoms with Crippen LogP contribution in [0.2, 0.25) is 0 Å². The molecule has 2 rings (SSSR count). The van der Waals surface area contributed by atoms with Gasteiger partial charge >= 0.3 is 0 Å². The van der Waals surface area contributed by atoms with Crippen molar-refractivity contribution in [2.75, 3.05) is 20.1 Å². The van der Waals surface area contributed by atoms with Crippen LogP contribution in [0.15, 0.2) is 0 Å². The van der Waals surface area contributed by atoms with Crippen LogP contribution in [0.1, 0.15) is 26.2 Å². The van der Waals surface area contributed by atoms with Crippen LogP contribution in [0.25, 0.3) is 0 Å². The van der Waals surface area contributed by atoms with Crippen LogP contribution < -0.4 is 5.73 Å². The van der Waals surface area contributed by atoms with Gasteiger partial charge in [0.1, 0.15) is 5.84 Å². The molecular weight excluding hydrogens is 188 g/mol. The van der Waals surface area contributed by atoms with Crippen LogP contribution >= 0.6 is 0 Å². The topological polar surface area (TPSA) is 56.4 Å². The number of fused-ring (bicyclic) bond motifs is 2. The third-order valence-electron chi connectivity index (χ3n) is 4.18. The number of nitrogens with one attached hydrogen (secondary N) is 1. The molecule has 3 unspecified atom stereocenters. The van der Waals surface area contributed by atoms with Crippen LogP contribution in [-0.2, 0) is 0 Å². The first-order valence-corrected chi connectivity index (χ1v) is 5.89. The molecule has 86 valence electrons. The molecule has 0 aromatic rings. The fourth-order valence-electron chi connectivity index (χ4n) is 2.88. The molecule has 4 heteroatoms. The number of rotatable bonds is 2. The van der Waals surface area contributed by atoms with Gasteiger partial charge in [-0.3, -0.25) is 15.2 Å². The van der Waals surface area contributed by atoms with E-state index in [1.54, 1.807) is 0 Å². The zero-order chi connectivity index (χ0) is 11.0. The normalized spacial score (nSPS) is 35.1. The lowest BCUT2D eigenvalue weighted by Crippen LogP contribution is -2.46. The Labute approximate surface area is 91.9 Å². The highest BCUT2D eigenvalue weighted by molar-refractivity contribution is 5.82. The largest absolute Gasteiger partial charge is 0.386 e. The van der Waals surface area contributed by atoms with Gasteiger partial charge < -0.3 is 5.73 Å². The number of nitrogens with two attached hydrogens (primary N) is 1. The standard InChI is InChI=1S/C11H22N4/c1-8(11(12)13)15-6-5-9-3-4-10(7-15)14(9)2/h8-10H,3-7H2,1-2H3,(H3,12,13). The summed E-state index contributed by atoms with van der Waals surface area (Å²) in [4.78, 5) is 4.88. The molecule has 2 aliphatic heterocycles. The molecule has 15 heavy (non-hydrogen) atoms. The van der Waals surface area contributed by atoms with E-state index >= 15 is 0 Å². The van der Waals surface area contributed by atoms with Crippen molar-refractivity contribution in [1.82, 2.24) is 9.80 Å². The Bertz CT molecular complexity index is 253. The van der Waals surface area contributed by atoms with Crippen molar-refractivity contribution in [1.29, 1.82) is 5.41 Å². The summed E-state index contributed by atoms with van der Waals surface area (Å²) >= 11 is 0. The number of likely N-dealkylation sites (tertiary alicyclic amines) is 1. The molecule has 2 aliphatic rings. The summed E-state index contributed by atoms with van der Waals surface area (Å²) in [5.41, 5.74) is 5.58. The highest BCUT2D eigenvalue weighted by Crippen LogP contribution is 2.28. The Morgan fingerprint density at radius 1 is 1.33 bits per heavy atom. The van der Waals surface area contributed by atoms with Gasteiger partial charge in [-0.2, -0.15) is 0 Å². The lowest BCUT2D eigenvalue weighted by Gasteiger charge is -2.30. The molecule has 3 N–H and O–H groups in total. The van der Waals surface area contributed by atoms with Crippen molar-refractivity contribution in [3.8, 4) is 0 Å². The monoisotopic (exact) mass is 210 g/mol. The lowest BCUT2D eigenvalue weighted by molar-refractivity contribution is 0.208. The van der Waals surface area contributed by atoms with Crippen LogP contribution in [0.4, 0.5) is 0 Å². The Hall–Kier alpha value is -0.610. The molecule has 2 heterocycles. The van der Waals surface area contributed by atoms with Crippen molar-refractivity contribution in [2.24, 2.45) is 5.73 Å². The van der Waals surface area contributed by atoms with Gasteiger partial charge in [-0.1, -0.05) is 0 Å². The smallest absolute Gasteiger partial charge is 0.108 e. The summed E-state index contributed by atoms with van der Waals surface area (Å²) in [5.74, 6) is 0.301. The van der Waals surface area contributed by atoms with Crippen LogP contribution in [0.3, 0.4) is 0 Å². The lowest BCUT2D eigenvalue weighted by atomic mass is 10.1. The SMILES string of the molecule is CC(C(=N)N)N1CCC2CCC(C1)N2C. The summed E-state index contributed by atoms with van der Waals surface area (Å²) in [7, 11) is 2.24. The zero-order valence-electron chi connectivity index (χ0n) is 9.74. The molecule has 2 fully saturated rings. The van der Waals surface area contributed by atoms with E-state index < -0.39 is 0 Å². The molecule has 2 bridgehead atoms. The molecule has 0 aliphatic carbocycles. The average molecular weight is 210 g/mol. The van der Waals surface area contributed by atoms with Crippen molar-refractivity contribution in [2.45, 2.75) is 44.3 Å². The summed E-state index contributed by atoms with van der Waals surface area (Å²) in [5, 5.41) is 7.51. The highest BCUT2D eigenvalue weighted by Gasteiger charge is 2.35. The average Bonchev–Trinajstić information content (AvgIpc) is 2.40. The summed E-state index contributed by atoms with van der Waals surface area (Å²) in [6.07, 6.45) is 3.89. The number of likely N-dealkylation sites (N-methyl/N-ethyl adjacent to an activating group) is 1. The second-order valence-electron chi connectivity index (χ2n) is 4.97. The Balaban J connectivity index is 2.03. The second kappa shape index (κ2) is 4.10. The third kappa shape index (κ3) is 2.01. The van der Waals surface area contributed by atoms with Crippen molar-refractivity contribution >= 4 is 5.84 Å². The van der Waals surface area contributed by atoms with E-state index in [1.807, 2.05) is 6.92 Å². The van der Waals surface area contributed by atoms with Gasteiger partial charge in [-0.15, -0.1) is 0 Å². The summed E-state index contributed by atoms with van der Waals surface area (Å²) < 4.78 is 0. The zero-order valence-corrected chi connectivity index (χ0v) is 9.74. The quantitative estimate of drug-likeness (QED) is 0.515. The van der Waals surface area contributed by atoms with E-state index in [4.69, 9.17) is 11.1 Å². The summed E-state index contributed by atoms with van der Waals surface area (Å²) in [6, 6.07) is 1.55. The van der Waals surface area contributed by atoms with Gasteiger partial charge in [-0.25, -0.2) is 0 Å². The fourth-order valence-corrected chi connectivity index (χ4v) is 2.88. The Kier molecular flexibility index (Phi) is 2.98. The van der Waals surface area contributed by atoms with Crippen molar-refractivity contribution in [3.63, 3.8) is 0 Å². The maximum absolute atomic E-state index is 7.51. The molecule has 2 saturated heterocycles. The molecular formula is C11H22N4. The molecule has 4 nitrogen and oxygen atoms in total. The van der Waals surface area contributed by atoms with E-state index in [-0.39, 0.29) is 6.04 Å². The minimum Gasteiger partial charge on any atom is -0.386 e. The van der Waals surface area contributed by atoms with E-state index in [1.165, 1.54) is 19.3 Å². The number of nitrogens with zero attached hydrogens (tertiary/aromatic N) is 2. The fraction of sp³-hybridized carbons (Fsp3) is 0.909. The molecule has 0 aromatic carbocycles. The Morgan fingerprint density at radius 3 is 2.67 bits per heavy atom. The maximum Gasteiger partial charge on any atom is 0.108 e. The van der Waals surface area contributed by atoms with Crippen LogP contribution in [0.5, 0.6) is 0 Å². The van der Waals surface area contributed by atoms with Gasteiger partial charge in [-0.05, 0) is 33.2 Å². The second-order valence-corrected chi connectivity index (χ2v) is 4.97. The van der Waals surface area contributed by atoms with Crippen LogP contribution in [0, 0.1) is 5.41 Å². The van der Waals surface area contributed by atoms with Gasteiger partial charge in [0.15, 0.2) is 0 Å². The Morgan fingerprint density at radius 2 is 2.00 bits per heavy atom.